The smallest absolute Gasteiger partial charge is 0.257 e. The van der Waals surface area contributed by atoms with E-state index in [1.54, 1.807) is 24.2 Å². The average Bonchev–Trinajstić information content (AvgIpc) is 2.43. The number of benzene rings is 1. The molecule has 0 spiro atoms. The number of nitrogens with zero attached hydrogens (tertiary/aromatic N) is 2. The standard InChI is InChI=1S/C14H13Br2N3O/c1-19(8-9-2-4-10(15)5-3-9)14(20)12-6-11(16)7-18-13(12)17/h2-7H,8H2,1H3,(H2,17,18). The summed E-state index contributed by atoms with van der Waals surface area (Å²) in [6.45, 7) is 0.512. The van der Waals surface area contributed by atoms with E-state index in [4.69, 9.17) is 5.73 Å². The molecule has 0 aliphatic rings. The molecule has 0 aliphatic heterocycles. The molecule has 1 amide bonds. The number of halogens is 2. The van der Waals surface area contributed by atoms with Crippen molar-refractivity contribution >= 4 is 43.6 Å². The first-order valence-electron chi connectivity index (χ1n) is 5.88. The number of pyridine rings is 1. The van der Waals surface area contributed by atoms with E-state index >= 15 is 0 Å². The van der Waals surface area contributed by atoms with Crippen molar-refractivity contribution in [3.05, 3.63) is 56.6 Å². The van der Waals surface area contributed by atoms with Crippen LogP contribution < -0.4 is 5.73 Å². The van der Waals surface area contributed by atoms with E-state index in [1.165, 1.54) is 0 Å². The Morgan fingerprint density at radius 1 is 1.25 bits per heavy atom. The molecule has 0 aliphatic carbocycles. The van der Waals surface area contributed by atoms with Crippen LogP contribution in [-0.2, 0) is 6.54 Å². The Balaban J connectivity index is 2.16. The van der Waals surface area contributed by atoms with Crippen LogP contribution in [0.25, 0.3) is 0 Å². The zero-order valence-corrected chi connectivity index (χ0v) is 14.0. The van der Waals surface area contributed by atoms with E-state index in [0.717, 1.165) is 14.5 Å². The van der Waals surface area contributed by atoms with Gasteiger partial charge in [0.15, 0.2) is 0 Å². The third kappa shape index (κ3) is 3.58. The highest BCUT2D eigenvalue weighted by Gasteiger charge is 2.16. The highest BCUT2D eigenvalue weighted by atomic mass is 79.9. The fourth-order valence-electron chi connectivity index (χ4n) is 1.76. The molecule has 104 valence electrons. The molecular formula is C14H13Br2N3O. The lowest BCUT2D eigenvalue weighted by Crippen LogP contribution is -2.27. The van der Waals surface area contributed by atoms with Crippen molar-refractivity contribution < 1.29 is 4.79 Å². The summed E-state index contributed by atoms with van der Waals surface area (Å²) in [6.07, 6.45) is 1.57. The second-order valence-corrected chi connectivity index (χ2v) is 6.21. The number of nitrogens with two attached hydrogens (primary N) is 1. The van der Waals surface area contributed by atoms with Crippen LogP contribution in [-0.4, -0.2) is 22.8 Å². The molecule has 0 saturated heterocycles. The quantitative estimate of drug-likeness (QED) is 0.861. The SMILES string of the molecule is CN(Cc1ccc(Br)cc1)C(=O)c1cc(Br)cnc1N. The van der Waals surface area contributed by atoms with Crippen LogP contribution in [0.1, 0.15) is 15.9 Å². The monoisotopic (exact) mass is 397 g/mol. The van der Waals surface area contributed by atoms with Crippen LogP contribution in [0.15, 0.2) is 45.5 Å². The fourth-order valence-corrected chi connectivity index (χ4v) is 2.36. The van der Waals surface area contributed by atoms with E-state index < -0.39 is 0 Å². The average molecular weight is 399 g/mol. The zero-order chi connectivity index (χ0) is 14.7. The van der Waals surface area contributed by atoms with Gasteiger partial charge in [-0.05, 0) is 39.7 Å². The Labute approximate surface area is 134 Å². The van der Waals surface area contributed by atoms with Gasteiger partial charge in [0.25, 0.3) is 5.91 Å². The summed E-state index contributed by atoms with van der Waals surface area (Å²) in [5.41, 5.74) is 7.20. The Kier molecular flexibility index (Phi) is 4.77. The van der Waals surface area contributed by atoms with Gasteiger partial charge in [-0.15, -0.1) is 0 Å². The van der Waals surface area contributed by atoms with Gasteiger partial charge in [0.1, 0.15) is 5.82 Å². The van der Waals surface area contributed by atoms with Gasteiger partial charge in [0.05, 0.1) is 5.56 Å². The largest absolute Gasteiger partial charge is 0.383 e. The van der Waals surface area contributed by atoms with Crippen molar-refractivity contribution in [1.82, 2.24) is 9.88 Å². The predicted octanol–water partition coefficient (Wildman–Crippen LogP) is 3.46. The topological polar surface area (TPSA) is 59.2 Å². The molecule has 4 nitrogen and oxygen atoms in total. The number of carbonyl (C=O) groups is 1. The van der Waals surface area contributed by atoms with Crippen molar-refractivity contribution in [2.24, 2.45) is 0 Å². The van der Waals surface area contributed by atoms with E-state index in [-0.39, 0.29) is 11.7 Å². The first kappa shape index (κ1) is 15.0. The third-order valence-corrected chi connectivity index (χ3v) is 3.76. The summed E-state index contributed by atoms with van der Waals surface area (Å²) in [6, 6.07) is 9.51. The van der Waals surface area contributed by atoms with Crippen molar-refractivity contribution in [1.29, 1.82) is 0 Å². The first-order valence-corrected chi connectivity index (χ1v) is 7.47. The summed E-state index contributed by atoms with van der Waals surface area (Å²) in [4.78, 5) is 18.0. The maximum absolute atomic E-state index is 12.4. The summed E-state index contributed by atoms with van der Waals surface area (Å²) in [5, 5.41) is 0. The number of amides is 1. The molecular weight excluding hydrogens is 386 g/mol. The maximum Gasteiger partial charge on any atom is 0.257 e. The highest BCUT2D eigenvalue weighted by molar-refractivity contribution is 9.10. The predicted molar refractivity (Wildman–Crippen MR) is 86.3 cm³/mol. The molecule has 2 N–H and O–H groups in total. The number of hydrogen-bond acceptors (Lipinski definition) is 3. The highest BCUT2D eigenvalue weighted by Crippen LogP contribution is 2.18. The first-order chi connectivity index (χ1) is 9.47. The molecule has 2 aromatic rings. The van der Waals surface area contributed by atoms with Gasteiger partial charge < -0.3 is 10.6 Å². The van der Waals surface area contributed by atoms with Crippen LogP contribution in [0, 0.1) is 0 Å². The number of nitrogen functional groups attached to an aromatic ring is 1. The number of aromatic nitrogens is 1. The van der Waals surface area contributed by atoms with E-state index in [2.05, 4.69) is 36.8 Å². The van der Waals surface area contributed by atoms with Gasteiger partial charge in [0, 0.05) is 28.7 Å². The molecule has 1 aromatic heterocycles. The van der Waals surface area contributed by atoms with E-state index in [9.17, 15) is 4.79 Å². The maximum atomic E-state index is 12.4. The Morgan fingerprint density at radius 2 is 1.90 bits per heavy atom. The van der Waals surface area contributed by atoms with Crippen molar-refractivity contribution in [3.8, 4) is 0 Å². The minimum absolute atomic E-state index is 0.154. The molecule has 0 fully saturated rings. The van der Waals surface area contributed by atoms with Gasteiger partial charge in [-0.3, -0.25) is 4.79 Å². The van der Waals surface area contributed by atoms with Gasteiger partial charge in [-0.2, -0.15) is 0 Å². The molecule has 1 heterocycles. The molecule has 2 rings (SSSR count). The van der Waals surface area contributed by atoms with Crippen molar-refractivity contribution in [2.75, 3.05) is 12.8 Å². The van der Waals surface area contributed by atoms with Gasteiger partial charge in [-0.1, -0.05) is 28.1 Å². The lowest BCUT2D eigenvalue weighted by Gasteiger charge is -2.18. The number of carbonyl (C=O) groups excluding carboxylic acids is 1. The van der Waals surface area contributed by atoms with Crippen molar-refractivity contribution in [3.63, 3.8) is 0 Å². The van der Waals surface area contributed by atoms with Crippen LogP contribution in [0.4, 0.5) is 5.82 Å². The van der Waals surface area contributed by atoms with Gasteiger partial charge in [0.2, 0.25) is 0 Å². The molecule has 0 atom stereocenters. The molecule has 1 aromatic carbocycles. The lowest BCUT2D eigenvalue weighted by atomic mass is 10.2. The molecule has 0 unspecified atom stereocenters. The van der Waals surface area contributed by atoms with Crippen molar-refractivity contribution in [2.45, 2.75) is 6.54 Å². The lowest BCUT2D eigenvalue weighted by molar-refractivity contribution is 0.0785. The molecule has 20 heavy (non-hydrogen) atoms. The second-order valence-electron chi connectivity index (χ2n) is 4.37. The van der Waals surface area contributed by atoms with Crippen LogP contribution in [0.2, 0.25) is 0 Å². The Bertz CT molecular complexity index is 629. The number of hydrogen-bond donors (Lipinski definition) is 1. The van der Waals surface area contributed by atoms with Crippen LogP contribution >= 0.6 is 31.9 Å². The minimum Gasteiger partial charge on any atom is -0.383 e. The van der Waals surface area contributed by atoms with Gasteiger partial charge in [-0.25, -0.2) is 4.98 Å². The van der Waals surface area contributed by atoms with E-state index in [1.807, 2.05) is 24.3 Å². The van der Waals surface area contributed by atoms with E-state index in [0.29, 0.717) is 12.1 Å². The normalized spacial score (nSPS) is 10.3. The van der Waals surface area contributed by atoms with Crippen LogP contribution in [0.3, 0.4) is 0 Å². The summed E-state index contributed by atoms with van der Waals surface area (Å²) in [5.74, 6) is 0.0834. The molecule has 6 heteroatoms. The zero-order valence-electron chi connectivity index (χ0n) is 10.8. The third-order valence-electron chi connectivity index (χ3n) is 2.80. The summed E-state index contributed by atoms with van der Waals surface area (Å²) in [7, 11) is 1.74. The minimum atomic E-state index is -0.154. The number of anilines is 1. The van der Waals surface area contributed by atoms with Crippen LogP contribution in [0.5, 0.6) is 0 Å². The molecule has 0 saturated carbocycles. The second kappa shape index (κ2) is 6.37. The Hall–Kier alpha value is -1.40. The summed E-state index contributed by atoms with van der Waals surface area (Å²) < 4.78 is 1.74. The fraction of sp³-hybridized carbons (Fsp3) is 0.143. The Morgan fingerprint density at radius 3 is 2.55 bits per heavy atom. The number of rotatable bonds is 3. The van der Waals surface area contributed by atoms with Gasteiger partial charge >= 0.3 is 0 Å². The molecule has 0 bridgehead atoms. The molecule has 0 radical (unpaired) electrons. The summed E-state index contributed by atoms with van der Waals surface area (Å²) >= 11 is 6.68.